The molecule has 0 unspecified atom stereocenters. The number of carbonyl (C=O) groups excluding carboxylic acids is 2. The third-order valence-electron chi connectivity index (χ3n) is 4.08. The van der Waals surface area contributed by atoms with E-state index in [0.717, 1.165) is 5.56 Å². The summed E-state index contributed by atoms with van der Waals surface area (Å²) in [4.78, 5) is 26.0. The molecular weight excluding hydrogens is 302 g/mol. The van der Waals surface area contributed by atoms with Crippen LogP contribution in [0.2, 0.25) is 0 Å². The molecule has 1 heterocycles. The third kappa shape index (κ3) is 2.80. The second-order valence-electron chi connectivity index (χ2n) is 7.07. The number of amides is 1. The first kappa shape index (κ1) is 16.2. The van der Waals surface area contributed by atoms with Crippen LogP contribution in [-0.4, -0.2) is 17.5 Å². The minimum atomic E-state index is -1.36. The number of para-hydroxylation sites is 1. The summed E-state index contributed by atoms with van der Waals surface area (Å²) in [5.74, 6) is -0.844. The van der Waals surface area contributed by atoms with E-state index in [1.54, 1.807) is 20.8 Å². The Kier molecular flexibility index (Phi) is 3.91. The third-order valence-corrected chi connectivity index (χ3v) is 4.08. The van der Waals surface area contributed by atoms with E-state index in [2.05, 4.69) is 5.32 Å². The van der Waals surface area contributed by atoms with Gasteiger partial charge in [0.15, 0.2) is 5.41 Å². The predicted molar refractivity (Wildman–Crippen MR) is 92.7 cm³/mol. The van der Waals surface area contributed by atoms with Gasteiger partial charge in [0.25, 0.3) is 0 Å². The lowest BCUT2D eigenvalue weighted by Gasteiger charge is -2.30. The van der Waals surface area contributed by atoms with Crippen LogP contribution in [0.3, 0.4) is 0 Å². The number of carbonyl (C=O) groups is 2. The lowest BCUT2D eigenvalue weighted by Crippen LogP contribution is -2.48. The van der Waals surface area contributed by atoms with Gasteiger partial charge in [0.1, 0.15) is 5.60 Å². The van der Waals surface area contributed by atoms with Crippen LogP contribution in [0.25, 0.3) is 0 Å². The quantitative estimate of drug-likeness (QED) is 0.695. The van der Waals surface area contributed by atoms with E-state index in [4.69, 9.17) is 4.74 Å². The largest absolute Gasteiger partial charge is 0.459 e. The SMILES string of the molecule is CC(C)(C)OC(=O)[C@]1(Cc2ccccc2)C(=O)Nc2ccccc21. The molecule has 1 atom stereocenters. The highest BCUT2D eigenvalue weighted by molar-refractivity contribution is 6.19. The smallest absolute Gasteiger partial charge is 0.327 e. The van der Waals surface area contributed by atoms with Crippen molar-refractivity contribution in [2.24, 2.45) is 0 Å². The molecule has 1 aliphatic rings. The van der Waals surface area contributed by atoms with E-state index in [1.165, 1.54) is 0 Å². The van der Waals surface area contributed by atoms with Crippen LogP contribution < -0.4 is 5.32 Å². The zero-order valence-electron chi connectivity index (χ0n) is 14.1. The average molecular weight is 323 g/mol. The topological polar surface area (TPSA) is 55.4 Å². The molecule has 0 aliphatic carbocycles. The van der Waals surface area contributed by atoms with Crippen LogP contribution in [0, 0.1) is 0 Å². The molecule has 1 N–H and O–H groups in total. The molecule has 0 fully saturated rings. The monoisotopic (exact) mass is 323 g/mol. The van der Waals surface area contributed by atoms with E-state index in [-0.39, 0.29) is 12.3 Å². The fraction of sp³-hybridized carbons (Fsp3) is 0.300. The maximum absolute atomic E-state index is 13.1. The summed E-state index contributed by atoms with van der Waals surface area (Å²) >= 11 is 0. The van der Waals surface area contributed by atoms with Gasteiger partial charge in [-0.2, -0.15) is 0 Å². The van der Waals surface area contributed by atoms with Gasteiger partial charge in [-0.25, -0.2) is 0 Å². The summed E-state index contributed by atoms with van der Waals surface area (Å²) in [5, 5.41) is 2.84. The van der Waals surface area contributed by atoms with Crippen LogP contribution in [-0.2, 0) is 26.2 Å². The number of esters is 1. The molecule has 1 aliphatic heterocycles. The molecule has 4 nitrogen and oxygen atoms in total. The van der Waals surface area contributed by atoms with Gasteiger partial charge in [0.2, 0.25) is 5.91 Å². The predicted octanol–water partition coefficient (Wildman–Crippen LogP) is 3.46. The highest BCUT2D eigenvalue weighted by atomic mass is 16.6. The maximum atomic E-state index is 13.1. The number of hydrogen-bond acceptors (Lipinski definition) is 3. The molecule has 4 heteroatoms. The Balaban J connectivity index is 2.11. The molecule has 0 radical (unpaired) electrons. The van der Waals surface area contributed by atoms with E-state index in [1.807, 2.05) is 54.6 Å². The molecule has 124 valence electrons. The van der Waals surface area contributed by atoms with Crippen molar-refractivity contribution in [2.75, 3.05) is 5.32 Å². The van der Waals surface area contributed by atoms with E-state index < -0.39 is 17.0 Å². The first-order valence-electron chi connectivity index (χ1n) is 8.01. The van der Waals surface area contributed by atoms with Crippen molar-refractivity contribution in [3.63, 3.8) is 0 Å². The molecule has 0 spiro atoms. The molecule has 0 bridgehead atoms. The lowest BCUT2D eigenvalue weighted by molar-refractivity contribution is -0.163. The Bertz CT molecular complexity index is 777. The molecule has 0 aromatic heterocycles. The van der Waals surface area contributed by atoms with Crippen molar-refractivity contribution < 1.29 is 14.3 Å². The Morgan fingerprint density at radius 2 is 1.67 bits per heavy atom. The Hall–Kier alpha value is -2.62. The average Bonchev–Trinajstić information content (AvgIpc) is 2.80. The number of anilines is 1. The fourth-order valence-electron chi connectivity index (χ4n) is 3.03. The minimum Gasteiger partial charge on any atom is -0.459 e. The number of nitrogens with one attached hydrogen (secondary N) is 1. The first-order chi connectivity index (χ1) is 11.3. The number of fused-ring (bicyclic) bond motifs is 1. The Labute approximate surface area is 141 Å². The second-order valence-corrected chi connectivity index (χ2v) is 7.07. The number of ether oxygens (including phenoxy) is 1. The number of rotatable bonds is 3. The summed E-state index contributed by atoms with van der Waals surface area (Å²) in [6.45, 7) is 5.42. The molecule has 0 saturated carbocycles. The van der Waals surface area contributed by atoms with Crippen molar-refractivity contribution in [2.45, 2.75) is 38.2 Å². The van der Waals surface area contributed by atoms with Gasteiger partial charge in [-0.05, 0) is 32.4 Å². The Morgan fingerprint density at radius 3 is 2.33 bits per heavy atom. The van der Waals surface area contributed by atoms with Crippen LogP contribution in [0.1, 0.15) is 31.9 Å². The van der Waals surface area contributed by atoms with Crippen LogP contribution >= 0.6 is 0 Å². The van der Waals surface area contributed by atoms with Gasteiger partial charge < -0.3 is 10.1 Å². The van der Waals surface area contributed by atoms with Crippen molar-refractivity contribution >= 4 is 17.6 Å². The van der Waals surface area contributed by atoms with Gasteiger partial charge in [-0.3, -0.25) is 9.59 Å². The van der Waals surface area contributed by atoms with Crippen LogP contribution in [0.4, 0.5) is 5.69 Å². The standard InChI is InChI=1S/C20H21NO3/c1-19(2,3)24-18(23)20(13-14-9-5-4-6-10-14)15-11-7-8-12-16(15)21-17(20)22/h4-12H,13H2,1-3H3,(H,21,22)/t20-/m0/s1. The summed E-state index contributed by atoms with van der Waals surface area (Å²) in [6, 6.07) is 16.8. The summed E-state index contributed by atoms with van der Waals surface area (Å²) < 4.78 is 5.62. The molecule has 3 rings (SSSR count). The molecular formula is C20H21NO3. The zero-order valence-corrected chi connectivity index (χ0v) is 14.1. The van der Waals surface area contributed by atoms with Gasteiger partial charge in [-0.15, -0.1) is 0 Å². The summed E-state index contributed by atoms with van der Waals surface area (Å²) in [6.07, 6.45) is 0.269. The molecule has 1 amide bonds. The van der Waals surface area contributed by atoms with Gasteiger partial charge in [0, 0.05) is 17.7 Å². The zero-order chi connectivity index (χ0) is 17.4. The van der Waals surface area contributed by atoms with Gasteiger partial charge >= 0.3 is 5.97 Å². The van der Waals surface area contributed by atoms with E-state index in [0.29, 0.717) is 11.3 Å². The second kappa shape index (κ2) is 5.78. The molecule has 24 heavy (non-hydrogen) atoms. The van der Waals surface area contributed by atoms with Crippen LogP contribution in [0.15, 0.2) is 54.6 Å². The molecule has 0 saturated heterocycles. The van der Waals surface area contributed by atoms with Crippen molar-refractivity contribution in [1.29, 1.82) is 0 Å². The van der Waals surface area contributed by atoms with Crippen molar-refractivity contribution in [3.8, 4) is 0 Å². The highest BCUT2D eigenvalue weighted by Crippen LogP contribution is 2.42. The summed E-state index contributed by atoms with van der Waals surface area (Å²) in [7, 11) is 0. The summed E-state index contributed by atoms with van der Waals surface area (Å²) in [5.41, 5.74) is 0.233. The van der Waals surface area contributed by atoms with Gasteiger partial charge in [-0.1, -0.05) is 48.5 Å². The lowest BCUT2D eigenvalue weighted by atomic mass is 9.76. The first-order valence-corrected chi connectivity index (χ1v) is 8.01. The molecule has 2 aromatic rings. The molecule has 2 aromatic carbocycles. The fourth-order valence-corrected chi connectivity index (χ4v) is 3.03. The van der Waals surface area contributed by atoms with E-state index >= 15 is 0 Å². The normalized spacial score (nSPS) is 19.5. The minimum absolute atomic E-state index is 0.269. The highest BCUT2D eigenvalue weighted by Gasteiger charge is 2.55. The van der Waals surface area contributed by atoms with Crippen molar-refractivity contribution in [3.05, 3.63) is 65.7 Å². The van der Waals surface area contributed by atoms with Crippen LogP contribution in [0.5, 0.6) is 0 Å². The number of hydrogen-bond donors (Lipinski definition) is 1. The van der Waals surface area contributed by atoms with Crippen molar-refractivity contribution in [1.82, 2.24) is 0 Å². The maximum Gasteiger partial charge on any atom is 0.327 e. The van der Waals surface area contributed by atoms with E-state index in [9.17, 15) is 9.59 Å². The number of benzene rings is 2. The van der Waals surface area contributed by atoms with Gasteiger partial charge in [0.05, 0.1) is 0 Å². The Morgan fingerprint density at radius 1 is 1.04 bits per heavy atom.